The molecule has 0 saturated carbocycles. The average molecular weight is 223 g/mol. The van der Waals surface area contributed by atoms with Gasteiger partial charge in [-0.25, -0.2) is 4.79 Å². The Balaban J connectivity index is 2.85. The molecule has 0 aliphatic rings. The van der Waals surface area contributed by atoms with Gasteiger partial charge in [-0.15, -0.1) is 0 Å². The summed E-state index contributed by atoms with van der Waals surface area (Å²) in [6.07, 6.45) is 0. The first-order chi connectivity index (χ1) is 7.09. The largest absolute Gasteiger partial charge is 0.507 e. The first-order valence-electron chi connectivity index (χ1n) is 4.24. The topological polar surface area (TPSA) is 57.5 Å². The van der Waals surface area contributed by atoms with E-state index < -0.39 is 5.97 Å². The van der Waals surface area contributed by atoms with Crippen molar-refractivity contribution in [3.8, 4) is 5.75 Å². The van der Waals surface area contributed by atoms with E-state index in [-0.39, 0.29) is 11.3 Å². The number of fused-ring (bicyclic) bond motifs is 1. The SMILES string of the molecule is O=C(O)c1cc(O)c2cccc(Cl)c2c1. The molecule has 2 aromatic rings. The van der Waals surface area contributed by atoms with Crippen molar-refractivity contribution >= 4 is 28.3 Å². The monoisotopic (exact) mass is 222 g/mol. The van der Waals surface area contributed by atoms with Gasteiger partial charge in [-0.1, -0.05) is 23.7 Å². The van der Waals surface area contributed by atoms with Crippen molar-refractivity contribution in [2.75, 3.05) is 0 Å². The predicted octanol–water partition coefficient (Wildman–Crippen LogP) is 2.90. The van der Waals surface area contributed by atoms with Crippen molar-refractivity contribution < 1.29 is 15.0 Å². The molecule has 2 N–H and O–H groups in total. The Kier molecular flexibility index (Phi) is 2.25. The smallest absolute Gasteiger partial charge is 0.335 e. The number of phenols is 1. The maximum absolute atomic E-state index is 10.8. The molecule has 0 spiro atoms. The fourth-order valence-corrected chi connectivity index (χ4v) is 1.68. The number of hydrogen-bond acceptors (Lipinski definition) is 2. The molecule has 0 aliphatic heterocycles. The summed E-state index contributed by atoms with van der Waals surface area (Å²) in [5, 5.41) is 19.9. The summed E-state index contributed by atoms with van der Waals surface area (Å²) in [6, 6.07) is 7.68. The van der Waals surface area contributed by atoms with Crippen LogP contribution in [-0.4, -0.2) is 16.2 Å². The number of carbonyl (C=O) groups is 1. The van der Waals surface area contributed by atoms with Gasteiger partial charge in [0, 0.05) is 15.8 Å². The summed E-state index contributed by atoms with van der Waals surface area (Å²) in [4.78, 5) is 10.8. The summed E-state index contributed by atoms with van der Waals surface area (Å²) in [5.41, 5.74) is 0.0214. The molecule has 4 heteroatoms. The predicted molar refractivity (Wildman–Crippen MR) is 57.6 cm³/mol. The Morgan fingerprint density at radius 3 is 2.60 bits per heavy atom. The molecule has 2 aromatic carbocycles. The number of phenolic OH excluding ortho intramolecular Hbond substituents is 1. The first-order valence-corrected chi connectivity index (χ1v) is 4.62. The van der Waals surface area contributed by atoms with Crippen molar-refractivity contribution in [1.82, 2.24) is 0 Å². The van der Waals surface area contributed by atoms with Crippen LogP contribution >= 0.6 is 11.6 Å². The molecular weight excluding hydrogens is 216 g/mol. The lowest BCUT2D eigenvalue weighted by atomic mass is 10.1. The highest BCUT2D eigenvalue weighted by Crippen LogP contribution is 2.31. The van der Waals surface area contributed by atoms with E-state index in [1.165, 1.54) is 12.1 Å². The zero-order valence-electron chi connectivity index (χ0n) is 7.57. The maximum Gasteiger partial charge on any atom is 0.335 e. The van der Waals surface area contributed by atoms with Gasteiger partial charge in [-0.05, 0) is 18.2 Å². The zero-order valence-corrected chi connectivity index (χ0v) is 8.32. The molecule has 0 aliphatic carbocycles. The highest BCUT2D eigenvalue weighted by molar-refractivity contribution is 6.35. The van der Waals surface area contributed by atoms with E-state index in [1.54, 1.807) is 18.2 Å². The summed E-state index contributed by atoms with van der Waals surface area (Å²) in [5.74, 6) is -1.17. The quantitative estimate of drug-likeness (QED) is 0.780. The molecule has 3 nitrogen and oxygen atoms in total. The molecular formula is C11H7ClO3. The number of aromatic hydroxyl groups is 1. The average Bonchev–Trinajstić information content (AvgIpc) is 2.19. The lowest BCUT2D eigenvalue weighted by Crippen LogP contribution is -1.95. The Bertz CT molecular complexity index is 549. The van der Waals surface area contributed by atoms with Crippen molar-refractivity contribution in [3.05, 3.63) is 40.9 Å². The zero-order chi connectivity index (χ0) is 11.0. The van der Waals surface area contributed by atoms with Crippen LogP contribution in [-0.2, 0) is 0 Å². The van der Waals surface area contributed by atoms with Crippen LogP contribution in [0.1, 0.15) is 10.4 Å². The molecule has 0 radical (unpaired) electrons. The van der Waals surface area contributed by atoms with Crippen LogP contribution in [0.4, 0.5) is 0 Å². The second kappa shape index (κ2) is 3.44. The fraction of sp³-hybridized carbons (Fsp3) is 0. The van der Waals surface area contributed by atoms with Gasteiger partial charge < -0.3 is 10.2 Å². The van der Waals surface area contributed by atoms with Gasteiger partial charge in [0.2, 0.25) is 0 Å². The van der Waals surface area contributed by atoms with Gasteiger partial charge >= 0.3 is 5.97 Å². The third kappa shape index (κ3) is 1.62. The van der Waals surface area contributed by atoms with Crippen LogP contribution < -0.4 is 0 Å². The van der Waals surface area contributed by atoms with Gasteiger partial charge in [0.15, 0.2) is 0 Å². The van der Waals surface area contributed by atoms with E-state index in [9.17, 15) is 9.90 Å². The molecule has 0 atom stereocenters. The third-order valence-corrected chi connectivity index (χ3v) is 2.50. The first kappa shape index (κ1) is 9.80. The van der Waals surface area contributed by atoms with Gasteiger partial charge in [0.25, 0.3) is 0 Å². The number of hydrogen-bond donors (Lipinski definition) is 2. The van der Waals surface area contributed by atoms with E-state index in [0.29, 0.717) is 15.8 Å². The molecule has 0 bridgehead atoms. The Labute approximate surface area is 90.5 Å². The number of halogens is 1. The summed E-state index contributed by atoms with van der Waals surface area (Å²) in [7, 11) is 0. The van der Waals surface area contributed by atoms with E-state index in [4.69, 9.17) is 16.7 Å². The van der Waals surface area contributed by atoms with E-state index in [2.05, 4.69) is 0 Å². The van der Waals surface area contributed by atoms with Gasteiger partial charge in [-0.3, -0.25) is 0 Å². The van der Waals surface area contributed by atoms with Crippen molar-refractivity contribution in [3.63, 3.8) is 0 Å². The lowest BCUT2D eigenvalue weighted by Gasteiger charge is -2.04. The highest BCUT2D eigenvalue weighted by atomic mass is 35.5. The van der Waals surface area contributed by atoms with Gasteiger partial charge in [0.05, 0.1) is 5.56 Å². The molecule has 0 heterocycles. The number of aromatic carboxylic acids is 1. The van der Waals surface area contributed by atoms with Crippen LogP contribution in [0.2, 0.25) is 5.02 Å². The summed E-state index contributed by atoms with van der Waals surface area (Å²) < 4.78 is 0. The molecule has 0 aromatic heterocycles. The van der Waals surface area contributed by atoms with Crippen LogP contribution in [0.15, 0.2) is 30.3 Å². The Hall–Kier alpha value is -1.74. The molecule has 0 saturated heterocycles. The fourth-order valence-electron chi connectivity index (χ4n) is 1.45. The second-order valence-corrected chi connectivity index (χ2v) is 3.54. The van der Waals surface area contributed by atoms with Crippen LogP contribution in [0.5, 0.6) is 5.75 Å². The minimum Gasteiger partial charge on any atom is -0.507 e. The van der Waals surface area contributed by atoms with E-state index >= 15 is 0 Å². The molecule has 0 amide bonds. The van der Waals surface area contributed by atoms with Crippen LogP contribution in [0, 0.1) is 0 Å². The normalized spacial score (nSPS) is 10.5. The second-order valence-electron chi connectivity index (χ2n) is 3.14. The van der Waals surface area contributed by atoms with E-state index in [0.717, 1.165) is 0 Å². The van der Waals surface area contributed by atoms with E-state index in [1.807, 2.05) is 0 Å². The number of rotatable bonds is 1. The summed E-state index contributed by atoms with van der Waals surface area (Å²) >= 11 is 5.90. The maximum atomic E-state index is 10.8. The molecule has 76 valence electrons. The summed E-state index contributed by atoms with van der Waals surface area (Å²) in [6.45, 7) is 0. The molecule has 2 rings (SSSR count). The number of carboxylic acids is 1. The minimum atomic E-state index is -1.09. The minimum absolute atomic E-state index is 0.0214. The lowest BCUT2D eigenvalue weighted by molar-refractivity contribution is 0.0696. The van der Waals surface area contributed by atoms with Crippen molar-refractivity contribution in [2.45, 2.75) is 0 Å². The highest BCUT2D eigenvalue weighted by Gasteiger charge is 2.09. The Morgan fingerprint density at radius 2 is 1.93 bits per heavy atom. The number of benzene rings is 2. The van der Waals surface area contributed by atoms with Crippen molar-refractivity contribution in [1.29, 1.82) is 0 Å². The molecule has 15 heavy (non-hydrogen) atoms. The molecule has 0 fully saturated rings. The standard InChI is InChI=1S/C11H7ClO3/c12-9-3-1-2-7-8(9)4-6(11(14)15)5-10(7)13/h1-5,13H,(H,14,15). The van der Waals surface area contributed by atoms with Crippen molar-refractivity contribution in [2.24, 2.45) is 0 Å². The third-order valence-electron chi connectivity index (χ3n) is 2.17. The van der Waals surface area contributed by atoms with Crippen LogP contribution in [0.25, 0.3) is 10.8 Å². The van der Waals surface area contributed by atoms with Crippen LogP contribution in [0.3, 0.4) is 0 Å². The Morgan fingerprint density at radius 1 is 1.20 bits per heavy atom. The molecule has 0 unspecified atom stereocenters. The van der Waals surface area contributed by atoms with Gasteiger partial charge in [-0.2, -0.15) is 0 Å². The van der Waals surface area contributed by atoms with Gasteiger partial charge in [0.1, 0.15) is 5.75 Å². The number of carboxylic acid groups (broad SMARTS) is 1.